The van der Waals surface area contributed by atoms with E-state index in [1.165, 1.54) is 24.3 Å². The van der Waals surface area contributed by atoms with Crippen molar-refractivity contribution in [2.45, 2.75) is 15.9 Å². The van der Waals surface area contributed by atoms with Crippen molar-refractivity contribution in [1.82, 2.24) is 0 Å². The topological polar surface area (TPSA) is 61.8 Å². The molecule has 0 saturated carbocycles. The van der Waals surface area contributed by atoms with Crippen molar-refractivity contribution in [2.75, 3.05) is 26.4 Å². The number of hydrogen-bond acceptors (Lipinski definition) is 5. The molecule has 1 unspecified atom stereocenters. The van der Waals surface area contributed by atoms with Crippen LogP contribution in [0.15, 0.2) is 58.3 Å². The summed E-state index contributed by atoms with van der Waals surface area (Å²) in [6.45, 7) is 2.03. The van der Waals surface area contributed by atoms with Crippen LogP contribution in [0.25, 0.3) is 0 Å². The monoisotopic (exact) mass is 368 g/mol. The Labute approximate surface area is 146 Å². The van der Waals surface area contributed by atoms with Crippen LogP contribution in [0.2, 0.25) is 5.02 Å². The summed E-state index contributed by atoms with van der Waals surface area (Å²) in [7, 11) is -3.57. The van der Waals surface area contributed by atoms with E-state index in [1.54, 1.807) is 24.3 Å². The molecule has 1 aliphatic heterocycles. The summed E-state index contributed by atoms with van der Waals surface area (Å²) >= 11 is 5.80. The van der Waals surface area contributed by atoms with Crippen molar-refractivity contribution in [3.63, 3.8) is 0 Å². The minimum atomic E-state index is -3.57. The Morgan fingerprint density at radius 1 is 1.00 bits per heavy atom. The van der Waals surface area contributed by atoms with Gasteiger partial charge in [0.05, 0.1) is 29.6 Å². The van der Waals surface area contributed by atoms with Gasteiger partial charge in [0, 0.05) is 5.02 Å². The lowest BCUT2D eigenvalue weighted by Gasteiger charge is -2.22. The third kappa shape index (κ3) is 4.08. The smallest absolute Gasteiger partial charge is 0.206 e. The first kappa shape index (κ1) is 17.2. The molecular formula is C17H17ClO5S. The number of ether oxygens (including phenoxy) is 3. The molecular weight excluding hydrogens is 352 g/mol. The Morgan fingerprint density at radius 2 is 1.62 bits per heavy atom. The number of benzene rings is 2. The van der Waals surface area contributed by atoms with Crippen LogP contribution in [0.1, 0.15) is 0 Å². The van der Waals surface area contributed by atoms with E-state index in [2.05, 4.69) is 0 Å². The predicted octanol–water partition coefficient (Wildman–Crippen LogP) is 2.97. The molecule has 0 radical (unpaired) electrons. The van der Waals surface area contributed by atoms with Gasteiger partial charge in [-0.2, -0.15) is 0 Å². The minimum absolute atomic E-state index is 0.101. The molecule has 0 aromatic heterocycles. The fourth-order valence-electron chi connectivity index (χ4n) is 2.29. The van der Waals surface area contributed by atoms with Crippen LogP contribution in [0.3, 0.4) is 0 Å². The SMILES string of the molecule is O=S(=O)(c1ccc(Cl)cc1)c1ccc(OCC2COCCO2)cc1. The average molecular weight is 369 g/mol. The number of rotatable bonds is 5. The fourth-order valence-corrected chi connectivity index (χ4v) is 3.67. The quantitative estimate of drug-likeness (QED) is 0.812. The summed E-state index contributed by atoms with van der Waals surface area (Å²) in [6, 6.07) is 12.4. The van der Waals surface area contributed by atoms with E-state index in [0.29, 0.717) is 37.2 Å². The number of sulfone groups is 1. The van der Waals surface area contributed by atoms with Gasteiger partial charge >= 0.3 is 0 Å². The summed E-state index contributed by atoms with van der Waals surface area (Å²) in [6.07, 6.45) is -0.101. The highest BCUT2D eigenvalue weighted by Gasteiger charge is 2.18. The highest BCUT2D eigenvalue weighted by molar-refractivity contribution is 7.91. The fraction of sp³-hybridized carbons (Fsp3) is 0.294. The summed E-state index contributed by atoms with van der Waals surface area (Å²) < 4.78 is 41.5. The normalized spacial score (nSPS) is 18.3. The van der Waals surface area contributed by atoms with Crippen LogP contribution in [-0.4, -0.2) is 40.9 Å². The number of hydrogen-bond donors (Lipinski definition) is 0. The van der Waals surface area contributed by atoms with Crippen LogP contribution >= 0.6 is 11.6 Å². The van der Waals surface area contributed by atoms with Crippen molar-refractivity contribution < 1.29 is 22.6 Å². The Balaban J connectivity index is 1.68. The third-order valence-corrected chi connectivity index (χ3v) is 5.62. The van der Waals surface area contributed by atoms with Gasteiger partial charge in [-0.1, -0.05) is 11.6 Å². The molecule has 1 saturated heterocycles. The lowest BCUT2D eigenvalue weighted by molar-refractivity contribution is -0.101. The second-order valence-electron chi connectivity index (χ2n) is 5.31. The minimum Gasteiger partial charge on any atom is -0.491 e. The van der Waals surface area contributed by atoms with Crippen LogP contribution in [0.4, 0.5) is 0 Å². The van der Waals surface area contributed by atoms with Crippen molar-refractivity contribution in [3.8, 4) is 5.75 Å². The molecule has 0 aliphatic carbocycles. The Bertz CT molecular complexity index is 766. The molecule has 24 heavy (non-hydrogen) atoms. The van der Waals surface area contributed by atoms with Gasteiger partial charge in [-0.15, -0.1) is 0 Å². The molecule has 1 heterocycles. The Morgan fingerprint density at radius 3 is 2.21 bits per heavy atom. The molecule has 7 heteroatoms. The molecule has 0 bridgehead atoms. The molecule has 1 fully saturated rings. The van der Waals surface area contributed by atoms with E-state index >= 15 is 0 Å². The van der Waals surface area contributed by atoms with Crippen LogP contribution in [0.5, 0.6) is 5.75 Å². The first-order chi connectivity index (χ1) is 11.6. The summed E-state index contributed by atoms with van der Waals surface area (Å²) in [5, 5.41) is 0.492. The maximum Gasteiger partial charge on any atom is 0.206 e. The first-order valence-electron chi connectivity index (χ1n) is 7.48. The van der Waals surface area contributed by atoms with E-state index in [-0.39, 0.29) is 15.9 Å². The van der Waals surface area contributed by atoms with Gasteiger partial charge in [-0.3, -0.25) is 0 Å². The average Bonchev–Trinajstić information content (AvgIpc) is 2.61. The van der Waals surface area contributed by atoms with Crippen molar-refractivity contribution in [3.05, 3.63) is 53.6 Å². The summed E-state index contributed by atoms with van der Waals surface area (Å²) in [5.41, 5.74) is 0. The molecule has 1 atom stereocenters. The molecule has 2 aromatic rings. The molecule has 0 amide bonds. The zero-order valence-electron chi connectivity index (χ0n) is 12.9. The van der Waals surface area contributed by atoms with Crippen molar-refractivity contribution in [1.29, 1.82) is 0 Å². The Hall–Kier alpha value is -1.60. The van der Waals surface area contributed by atoms with E-state index in [9.17, 15) is 8.42 Å². The van der Waals surface area contributed by atoms with Crippen molar-refractivity contribution >= 4 is 21.4 Å². The lowest BCUT2D eigenvalue weighted by atomic mass is 10.3. The van der Waals surface area contributed by atoms with Gasteiger partial charge < -0.3 is 14.2 Å². The number of halogens is 1. The van der Waals surface area contributed by atoms with Gasteiger partial charge in [0.1, 0.15) is 18.5 Å². The predicted molar refractivity (Wildman–Crippen MR) is 89.4 cm³/mol. The largest absolute Gasteiger partial charge is 0.491 e. The zero-order valence-corrected chi connectivity index (χ0v) is 14.4. The highest BCUT2D eigenvalue weighted by Crippen LogP contribution is 2.24. The van der Waals surface area contributed by atoms with Gasteiger partial charge in [0.25, 0.3) is 0 Å². The highest BCUT2D eigenvalue weighted by atomic mass is 35.5. The Kier molecular flexibility index (Phi) is 5.40. The maximum atomic E-state index is 12.5. The van der Waals surface area contributed by atoms with E-state index in [4.69, 9.17) is 25.8 Å². The van der Waals surface area contributed by atoms with E-state index in [0.717, 1.165) is 0 Å². The van der Waals surface area contributed by atoms with Crippen molar-refractivity contribution in [2.24, 2.45) is 0 Å². The summed E-state index contributed by atoms with van der Waals surface area (Å²) in [4.78, 5) is 0.405. The zero-order chi connectivity index (χ0) is 17.0. The second-order valence-corrected chi connectivity index (χ2v) is 7.69. The first-order valence-corrected chi connectivity index (χ1v) is 9.35. The van der Waals surface area contributed by atoms with Gasteiger partial charge in [-0.05, 0) is 48.5 Å². The molecule has 2 aromatic carbocycles. The third-order valence-electron chi connectivity index (χ3n) is 3.58. The molecule has 3 rings (SSSR count). The summed E-state index contributed by atoms with van der Waals surface area (Å²) in [5.74, 6) is 0.583. The standard InChI is InChI=1S/C17H17ClO5S/c18-13-1-5-16(6-2-13)24(19,20)17-7-3-14(4-8-17)23-12-15-11-21-9-10-22-15/h1-8,15H,9-12H2. The molecule has 1 aliphatic rings. The molecule has 0 spiro atoms. The van der Waals surface area contributed by atoms with Gasteiger partial charge in [-0.25, -0.2) is 8.42 Å². The van der Waals surface area contributed by atoms with Crippen LogP contribution in [-0.2, 0) is 19.3 Å². The van der Waals surface area contributed by atoms with Gasteiger partial charge in [0.2, 0.25) is 9.84 Å². The molecule has 128 valence electrons. The van der Waals surface area contributed by atoms with Gasteiger partial charge in [0.15, 0.2) is 0 Å². The van der Waals surface area contributed by atoms with E-state index in [1.807, 2.05) is 0 Å². The molecule has 5 nitrogen and oxygen atoms in total. The van der Waals surface area contributed by atoms with E-state index < -0.39 is 9.84 Å². The maximum absolute atomic E-state index is 12.5. The molecule has 0 N–H and O–H groups in total. The van der Waals surface area contributed by atoms with Crippen LogP contribution < -0.4 is 4.74 Å². The second kappa shape index (κ2) is 7.53. The van der Waals surface area contributed by atoms with Crippen LogP contribution in [0, 0.1) is 0 Å². The lowest BCUT2D eigenvalue weighted by Crippen LogP contribution is -2.33.